The summed E-state index contributed by atoms with van der Waals surface area (Å²) in [4.78, 5) is 15.5. The molecule has 0 unspecified atom stereocenters. The van der Waals surface area contributed by atoms with Gasteiger partial charge in [0.25, 0.3) is 5.91 Å². The van der Waals surface area contributed by atoms with E-state index < -0.39 is 0 Å². The Morgan fingerprint density at radius 1 is 1.44 bits per heavy atom. The highest BCUT2D eigenvalue weighted by Crippen LogP contribution is 2.31. The third-order valence-electron chi connectivity index (χ3n) is 2.59. The molecule has 0 aromatic carbocycles. The SMILES string of the molecule is O=C(NCCC1CC1)c1ccc(Cl)nc1Cl. The lowest BCUT2D eigenvalue weighted by molar-refractivity contribution is 0.0952. The van der Waals surface area contributed by atoms with Gasteiger partial charge in [-0.3, -0.25) is 4.79 Å². The Bertz CT molecular complexity index is 405. The molecule has 1 aliphatic rings. The van der Waals surface area contributed by atoms with Crippen molar-refractivity contribution < 1.29 is 4.79 Å². The topological polar surface area (TPSA) is 42.0 Å². The van der Waals surface area contributed by atoms with Gasteiger partial charge in [0.1, 0.15) is 10.3 Å². The zero-order valence-electron chi connectivity index (χ0n) is 8.67. The fraction of sp³-hybridized carbons (Fsp3) is 0.455. The number of nitrogens with zero attached hydrogens (tertiary/aromatic N) is 1. The normalized spacial score (nSPS) is 14.9. The molecule has 0 saturated heterocycles. The van der Waals surface area contributed by atoms with Crippen LogP contribution in [0.5, 0.6) is 0 Å². The van der Waals surface area contributed by atoms with Gasteiger partial charge in [-0.1, -0.05) is 36.0 Å². The van der Waals surface area contributed by atoms with Gasteiger partial charge in [-0.15, -0.1) is 0 Å². The van der Waals surface area contributed by atoms with Crippen LogP contribution in [0.2, 0.25) is 10.3 Å². The van der Waals surface area contributed by atoms with Crippen LogP contribution in [0.4, 0.5) is 0 Å². The van der Waals surface area contributed by atoms with E-state index in [0.29, 0.717) is 17.3 Å². The van der Waals surface area contributed by atoms with Crippen molar-refractivity contribution >= 4 is 29.1 Å². The fourth-order valence-corrected chi connectivity index (χ4v) is 1.90. The first kappa shape index (κ1) is 11.7. The third-order valence-corrected chi connectivity index (χ3v) is 3.09. The Kier molecular flexibility index (Phi) is 3.66. The van der Waals surface area contributed by atoms with Crippen LogP contribution in [0.1, 0.15) is 29.6 Å². The summed E-state index contributed by atoms with van der Waals surface area (Å²) in [5, 5.41) is 3.26. The van der Waals surface area contributed by atoms with Gasteiger partial charge in [-0.05, 0) is 24.5 Å². The second-order valence-corrected chi connectivity index (χ2v) is 4.71. The summed E-state index contributed by atoms with van der Waals surface area (Å²) in [5.74, 6) is 0.619. The Morgan fingerprint density at radius 3 is 2.81 bits per heavy atom. The van der Waals surface area contributed by atoms with E-state index in [1.165, 1.54) is 12.8 Å². The number of hydrogen-bond donors (Lipinski definition) is 1. The van der Waals surface area contributed by atoms with Gasteiger partial charge in [0.15, 0.2) is 0 Å². The van der Waals surface area contributed by atoms with E-state index in [-0.39, 0.29) is 11.1 Å². The highest BCUT2D eigenvalue weighted by Gasteiger charge is 2.21. The van der Waals surface area contributed by atoms with Gasteiger partial charge >= 0.3 is 0 Å². The number of amides is 1. The summed E-state index contributed by atoms with van der Waals surface area (Å²) in [6.45, 7) is 0.697. The molecule has 2 rings (SSSR count). The lowest BCUT2D eigenvalue weighted by atomic mass is 10.2. The molecule has 0 radical (unpaired) electrons. The summed E-state index contributed by atoms with van der Waals surface area (Å²) in [6.07, 6.45) is 3.63. The molecular weight excluding hydrogens is 247 g/mol. The highest BCUT2D eigenvalue weighted by atomic mass is 35.5. The van der Waals surface area contributed by atoms with Crippen LogP contribution in [0, 0.1) is 5.92 Å². The van der Waals surface area contributed by atoms with E-state index in [2.05, 4.69) is 10.3 Å². The molecule has 0 bridgehead atoms. The summed E-state index contributed by atoms with van der Waals surface area (Å²) in [7, 11) is 0. The molecule has 1 amide bonds. The first-order valence-corrected chi connectivity index (χ1v) is 6.02. The molecule has 1 heterocycles. The number of nitrogens with one attached hydrogen (secondary N) is 1. The van der Waals surface area contributed by atoms with Crippen molar-refractivity contribution in [1.29, 1.82) is 0 Å². The molecule has 86 valence electrons. The summed E-state index contributed by atoms with van der Waals surface area (Å²) >= 11 is 11.5. The first-order chi connectivity index (χ1) is 7.66. The summed E-state index contributed by atoms with van der Waals surface area (Å²) in [6, 6.07) is 3.15. The molecule has 1 N–H and O–H groups in total. The number of hydrogen-bond acceptors (Lipinski definition) is 2. The van der Waals surface area contributed by atoms with Gasteiger partial charge in [-0.25, -0.2) is 4.98 Å². The average molecular weight is 259 g/mol. The van der Waals surface area contributed by atoms with Crippen molar-refractivity contribution in [1.82, 2.24) is 10.3 Å². The first-order valence-electron chi connectivity index (χ1n) is 5.27. The molecule has 0 aliphatic heterocycles. The zero-order valence-corrected chi connectivity index (χ0v) is 10.2. The van der Waals surface area contributed by atoms with Crippen LogP contribution in [-0.4, -0.2) is 17.4 Å². The lowest BCUT2D eigenvalue weighted by Gasteiger charge is -2.05. The molecule has 1 aromatic rings. The van der Waals surface area contributed by atoms with Gasteiger partial charge in [0.05, 0.1) is 5.56 Å². The monoisotopic (exact) mass is 258 g/mol. The van der Waals surface area contributed by atoms with Crippen LogP contribution in [0.25, 0.3) is 0 Å². The summed E-state index contributed by atoms with van der Waals surface area (Å²) in [5.41, 5.74) is 0.377. The van der Waals surface area contributed by atoms with Gasteiger partial charge < -0.3 is 5.32 Å². The predicted octanol–water partition coefficient (Wildman–Crippen LogP) is 2.92. The van der Waals surface area contributed by atoms with Gasteiger partial charge in [-0.2, -0.15) is 0 Å². The van der Waals surface area contributed by atoms with Crippen LogP contribution < -0.4 is 5.32 Å². The molecule has 1 fully saturated rings. The highest BCUT2D eigenvalue weighted by molar-refractivity contribution is 6.34. The van der Waals surface area contributed by atoms with Crippen molar-refractivity contribution in [3.8, 4) is 0 Å². The lowest BCUT2D eigenvalue weighted by Crippen LogP contribution is -2.25. The third kappa shape index (κ3) is 3.09. The quantitative estimate of drug-likeness (QED) is 0.844. The van der Waals surface area contributed by atoms with E-state index in [4.69, 9.17) is 23.2 Å². The molecule has 0 spiro atoms. The zero-order chi connectivity index (χ0) is 11.5. The van der Waals surface area contributed by atoms with Crippen molar-refractivity contribution in [3.63, 3.8) is 0 Å². The number of aromatic nitrogens is 1. The van der Waals surface area contributed by atoms with E-state index in [1.54, 1.807) is 12.1 Å². The standard InChI is InChI=1S/C11H12Cl2N2O/c12-9-4-3-8(10(13)15-9)11(16)14-6-5-7-1-2-7/h3-4,7H,1-2,5-6H2,(H,14,16). The van der Waals surface area contributed by atoms with Crippen LogP contribution in [0.3, 0.4) is 0 Å². The van der Waals surface area contributed by atoms with Crippen LogP contribution in [-0.2, 0) is 0 Å². The Labute approximate surface area is 104 Å². The van der Waals surface area contributed by atoms with Crippen molar-refractivity contribution in [2.75, 3.05) is 6.54 Å². The Hall–Kier alpha value is -0.800. The molecule has 3 nitrogen and oxygen atoms in total. The van der Waals surface area contributed by atoms with E-state index in [9.17, 15) is 4.79 Å². The molecule has 1 aromatic heterocycles. The molecule has 1 saturated carbocycles. The predicted molar refractivity (Wildman–Crippen MR) is 63.9 cm³/mol. The number of carbonyl (C=O) groups is 1. The van der Waals surface area contributed by atoms with Crippen LogP contribution in [0.15, 0.2) is 12.1 Å². The molecule has 5 heteroatoms. The maximum atomic E-state index is 11.7. The van der Waals surface area contributed by atoms with Crippen molar-refractivity contribution in [2.24, 2.45) is 5.92 Å². The minimum atomic E-state index is -0.185. The molecule has 1 aliphatic carbocycles. The Morgan fingerprint density at radius 2 is 2.19 bits per heavy atom. The number of rotatable bonds is 4. The fourth-order valence-electron chi connectivity index (χ4n) is 1.47. The largest absolute Gasteiger partial charge is 0.352 e. The smallest absolute Gasteiger partial charge is 0.254 e. The number of halogens is 2. The van der Waals surface area contributed by atoms with Gasteiger partial charge in [0.2, 0.25) is 0 Å². The van der Waals surface area contributed by atoms with Crippen molar-refractivity contribution in [3.05, 3.63) is 28.0 Å². The van der Waals surface area contributed by atoms with Gasteiger partial charge in [0, 0.05) is 6.54 Å². The maximum absolute atomic E-state index is 11.7. The molecule has 16 heavy (non-hydrogen) atoms. The Balaban J connectivity index is 1.91. The second kappa shape index (κ2) is 5.02. The number of pyridine rings is 1. The van der Waals surface area contributed by atoms with Crippen molar-refractivity contribution in [2.45, 2.75) is 19.3 Å². The minimum Gasteiger partial charge on any atom is -0.352 e. The van der Waals surface area contributed by atoms with Crippen LogP contribution >= 0.6 is 23.2 Å². The maximum Gasteiger partial charge on any atom is 0.254 e. The van der Waals surface area contributed by atoms with E-state index in [0.717, 1.165) is 12.3 Å². The van der Waals surface area contributed by atoms with E-state index in [1.807, 2.05) is 0 Å². The molecular formula is C11H12Cl2N2O. The molecule has 0 atom stereocenters. The second-order valence-electron chi connectivity index (χ2n) is 3.96. The summed E-state index contributed by atoms with van der Waals surface area (Å²) < 4.78 is 0. The average Bonchev–Trinajstić information content (AvgIpc) is 3.01. The minimum absolute atomic E-state index is 0.149. The van der Waals surface area contributed by atoms with E-state index >= 15 is 0 Å². The number of carbonyl (C=O) groups excluding carboxylic acids is 1.